The van der Waals surface area contributed by atoms with Gasteiger partial charge in [-0.25, -0.2) is 4.39 Å². The first-order valence-corrected chi connectivity index (χ1v) is 9.64. The van der Waals surface area contributed by atoms with Crippen LogP contribution in [0.5, 0.6) is 0 Å². The zero-order chi connectivity index (χ0) is 17.4. The van der Waals surface area contributed by atoms with E-state index >= 15 is 0 Å². The lowest BCUT2D eigenvalue weighted by Gasteiger charge is -2.43. The summed E-state index contributed by atoms with van der Waals surface area (Å²) in [5.41, 5.74) is 2.24. The van der Waals surface area contributed by atoms with Gasteiger partial charge in [0.15, 0.2) is 0 Å². The fourth-order valence-corrected chi connectivity index (χ4v) is 4.39. The van der Waals surface area contributed by atoms with Crippen LogP contribution in [-0.4, -0.2) is 54.5 Å². The van der Waals surface area contributed by atoms with Crippen molar-refractivity contribution in [2.24, 2.45) is 5.92 Å². The number of amides is 1. The Labute approximate surface area is 149 Å². The van der Waals surface area contributed by atoms with Crippen LogP contribution in [0, 0.1) is 18.7 Å². The third-order valence-electron chi connectivity index (χ3n) is 6.05. The smallest absolute Gasteiger partial charge is 0.225 e. The summed E-state index contributed by atoms with van der Waals surface area (Å²) in [5.74, 6) is 0.547. The Balaban J connectivity index is 1.36. The van der Waals surface area contributed by atoms with Crippen LogP contribution in [0.3, 0.4) is 0 Å². The molecule has 1 aromatic rings. The number of piperazine rings is 1. The molecule has 0 radical (unpaired) electrons. The van der Waals surface area contributed by atoms with Crippen molar-refractivity contribution in [3.05, 3.63) is 35.1 Å². The number of carbonyl (C=O) groups excluding carboxylic acids is 1. The van der Waals surface area contributed by atoms with E-state index in [1.54, 1.807) is 12.1 Å². The lowest BCUT2D eigenvalue weighted by atomic mass is 9.90. The molecule has 1 amide bonds. The van der Waals surface area contributed by atoms with Gasteiger partial charge >= 0.3 is 0 Å². The third kappa shape index (κ3) is 3.72. The highest BCUT2D eigenvalue weighted by Gasteiger charge is 2.36. The van der Waals surface area contributed by atoms with Crippen molar-refractivity contribution >= 4 is 5.91 Å². The van der Waals surface area contributed by atoms with Crippen molar-refractivity contribution in [1.29, 1.82) is 0 Å². The topological polar surface area (TPSA) is 35.6 Å². The average Bonchev–Trinajstić information content (AvgIpc) is 3.46. The molecule has 3 aliphatic rings. The van der Waals surface area contributed by atoms with Gasteiger partial charge in [0, 0.05) is 44.2 Å². The second-order valence-electron chi connectivity index (χ2n) is 7.82. The van der Waals surface area contributed by atoms with Gasteiger partial charge in [-0.3, -0.25) is 9.69 Å². The fourth-order valence-electron chi connectivity index (χ4n) is 4.39. The van der Waals surface area contributed by atoms with E-state index < -0.39 is 0 Å². The average molecular weight is 345 g/mol. The number of nitrogens with zero attached hydrogens (tertiary/aromatic N) is 2. The van der Waals surface area contributed by atoms with Crippen LogP contribution in [0.4, 0.5) is 4.39 Å². The summed E-state index contributed by atoms with van der Waals surface area (Å²) in [4.78, 5) is 16.8. The van der Waals surface area contributed by atoms with Gasteiger partial charge in [0.2, 0.25) is 5.91 Å². The summed E-state index contributed by atoms with van der Waals surface area (Å²) in [5, 5.41) is 3.60. The van der Waals surface area contributed by atoms with Crippen LogP contribution in [0.15, 0.2) is 18.2 Å². The molecule has 0 bridgehead atoms. The van der Waals surface area contributed by atoms with Crippen molar-refractivity contribution in [2.45, 2.75) is 44.7 Å². The first-order valence-electron chi connectivity index (χ1n) is 9.64. The molecule has 1 saturated carbocycles. The number of carbonyl (C=O) groups is 1. The number of nitrogens with one attached hydrogen (secondary N) is 1. The van der Waals surface area contributed by atoms with E-state index in [-0.39, 0.29) is 5.82 Å². The molecule has 2 aliphatic heterocycles. The Bertz CT molecular complexity index is 638. The Hall–Kier alpha value is -1.46. The van der Waals surface area contributed by atoms with Crippen molar-refractivity contribution in [2.75, 3.05) is 32.7 Å². The lowest BCUT2D eigenvalue weighted by molar-refractivity contribution is -0.134. The highest BCUT2D eigenvalue weighted by Crippen LogP contribution is 2.32. The van der Waals surface area contributed by atoms with Crippen LogP contribution < -0.4 is 5.32 Å². The molecule has 1 N–H and O–H groups in total. The van der Waals surface area contributed by atoms with Crippen LogP contribution in [-0.2, 0) is 4.79 Å². The Morgan fingerprint density at radius 2 is 1.92 bits per heavy atom. The maximum absolute atomic E-state index is 13.4. The van der Waals surface area contributed by atoms with Gasteiger partial charge in [-0.05, 0) is 62.4 Å². The number of halogens is 1. The van der Waals surface area contributed by atoms with Gasteiger partial charge < -0.3 is 10.2 Å². The first-order chi connectivity index (χ1) is 12.1. The van der Waals surface area contributed by atoms with E-state index in [0.717, 1.165) is 64.0 Å². The van der Waals surface area contributed by atoms with Gasteiger partial charge in [0.25, 0.3) is 0 Å². The summed E-state index contributed by atoms with van der Waals surface area (Å²) in [6.07, 6.45) is 4.38. The summed E-state index contributed by atoms with van der Waals surface area (Å²) in [7, 11) is 0. The van der Waals surface area contributed by atoms with Crippen LogP contribution in [0.25, 0.3) is 0 Å². The molecule has 4 rings (SSSR count). The fraction of sp³-hybridized carbons (Fsp3) is 0.650. The van der Waals surface area contributed by atoms with Crippen molar-refractivity contribution < 1.29 is 9.18 Å². The summed E-state index contributed by atoms with van der Waals surface area (Å²) >= 11 is 0. The number of rotatable bonds is 3. The quantitative estimate of drug-likeness (QED) is 0.914. The van der Waals surface area contributed by atoms with E-state index in [0.29, 0.717) is 23.9 Å². The predicted molar refractivity (Wildman–Crippen MR) is 95.8 cm³/mol. The molecule has 3 fully saturated rings. The molecule has 2 heterocycles. The zero-order valence-corrected chi connectivity index (χ0v) is 15.0. The van der Waals surface area contributed by atoms with Crippen molar-refractivity contribution in [1.82, 2.24) is 15.1 Å². The van der Waals surface area contributed by atoms with E-state index in [1.807, 2.05) is 13.0 Å². The SMILES string of the molecule is Cc1cc(F)ccc1[C@H]1C[C@H](N2CCN(C(=O)C3CC3)CC2)CCN1. The molecular formula is C20H28FN3O. The Morgan fingerprint density at radius 3 is 2.60 bits per heavy atom. The predicted octanol–water partition coefficient (Wildman–Crippen LogP) is 2.48. The molecule has 0 aromatic heterocycles. The van der Waals surface area contributed by atoms with Gasteiger partial charge in [-0.15, -0.1) is 0 Å². The van der Waals surface area contributed by atoms with Crippen molar-refractivity contribution in [3.63, 3.8) is 0 Å². The normalized spacial score (nSPS) is 28.2. The van der Waals surface area contributed by atoms with Crippen LogP contribution in [0.2, 0.25) is 0 Å². The molecule has 1 aromatic carbocycles. The van der Waals surface area contributed by atoms with E-state index in [4.69, 9.17) is 0 Å². The minimum absolute atomic E-state index is 0.162. The molecule has 0 unspecified atom stereocenters. The summed E-state index contributed by atoms with van der Waals surface area (Å²) < 4.78 is 13.4. The van der Waals surface area contributed by atoms with E-state index in [2.05, 4.69) is 15.1 Å². The molecule has 25 heavy (non-hydrogen) atoms. The molecular weight excluding hydrogens is 317 g/mol. The first kappa shape index (κ1) is 17.0. The number of hydrogen-bond donors (Lipinski definition) is 1. The van der Waals surface area contributed by atoms with Gasteiger partial charge in [0.05, 0.1) is 0 Å². The Kier molecular flexibility index (Phi) is 4.78. The summed E-state index contributed by atoms with van der Waals surface area (Å²) in [6.45, 7) is 6.70. The number of hydrogen-bond acceptors (Lipinski definition) is 3. The van der Waals surface area contributed by atoms with E-state index in [9.17, 15) is 9.18 Å². The number of piperidine rings is 1. The van der Waals surface area contributed by atoms with Gasteiger partial charge in [-0.1, -0.05) is 6.07 Å². The van der Waals surface area contributed by atoms with Gasteiger partial charge in [-0.2, -0.15) is 0 Å². The zero-order valence-electron chi connectivity index (χ0n) is 15.0. The molecule has 2 saturated heterocycles. The number of aryl methyl sites for hydroxylation is 1. The third-order valence-corrected chi connectivity index (χ3v) is 6.05. The maximum Gasteiger partial charge on any atom is 0.225 e. The Morgan fingerprint density at radius 1 is 1.16 bits per heavy atom. The highest BCUT2D eigenvalue weighted by atomic mass is 19.1. The monoisotopic (exact) mass is 345 g/mol. The van der Waals surface area contributed by atoms with Gasteiger partial charge in [0.1, 0.15) is 5.82 Å². The molecule has 4 nitrogen and oxygen atoms in total. The lowest BCUT2D eigenvalue weighted by Crippen LogP contribution is -2.54. The number of benzene rings is 1. The summed E-state index contributed by atoms with van der Waals surface area (Å²) in [6, 6.07) is 5.97. The minimum Gasteiger partial charge on any atom is -0.340 e. The largest absolute Gasteiger partial charge is 0.340 e. The standard InChI is InChI=1S/C20H28FN3O/c1-14-12-16(21)4-5-18(14)19-13-17(6-7-22-19)23-8-10-24(11-9-23)20(25)15-2-3-15/h4-5,12,15,17,19,22H,2-3,6-11,13H2,1H3/t17-,19-/m1/s1. The van der Waals surface area contributed by atoms with Crippen LogP contribution >= 0.6 is 0 Å². The second kappa shape index (κ2) is 7.04. The molecule has 0 spiro atoms. The molecule has 1 aliphatic carbocycles. The van der Waals surface area contributed by atoms with Crippen molar-refractivity contribution in [3.8, 4) is 0 Å². The molecule has 136 valence electrons. The maximum atomic E-state index is 13.4. The van der Waals surface area contributed by atoms with Crippen LogP contribution in [0.1, 0.15) is 42.9 Å². The van der Waals surface area contributed by atoms with E-state index in [1.165, 1.54) is 5.56 Å². The molecule has 2 atom stereocenters. The minimum atomic E-state index is -0.162. The molecule has 5 heteroatoms. The highest BCUT2D eigenvalue weighted by molar-refractivity contribution is 5.81. The second-order valence-corrected chi connectivity index (χ2v) is 7.82.